The average Bonchev–Trinajstić information content (AvgIpc) is 2.62. The first-order valence-corrected chi connectivity index (χ1v) is 7.10. The Kier molecular flexibility index (Phi) is 4.31. The summed E-state index contributed by atoms with van der Waals surface area (Å²) >= 11 is 16.8. The predicted molar refractivity (Wildman–Crippen MR) is 75.8 cm³/mol. The van der Waals surface area contributed by atoms with Gasteiger partial charge in [-0.1, -0.05) is 23.2 Å². The highest BCUT2D eigenvalue weighted by atomic mass is 79.9. The van der Waals surface area contributed by atoms with Crippen molar-refractivity contribution >= 4 is 56.2 Å². The van der Waals surface area contributed by atoms with Gasteiger partial charge >= 0.3 is 0 Å². The van der Waals surface area contributed by atoms with Gasteiger partial charge in [0.25, 0.3) is 0 Å². The molecule has 90 valence electrons. The van der Waals surface area contributed by atoms with Crippen molar-refractivity contribution in [2.45, 2.75) is 6.54 Å². The van der Waals surface area contributed by atoms with Gasteiger partial charge in [0.05, 0.1) is 15.7 Å². The van der Waals surface area contributed by atoms with E-state index in [1.54, 1.807) is 11.3 Å². The van der Waals surface area contributed by atoms with E-state index >= 15 is 0 Å². The minimum absolute atomic E-state index is 0.283. The fourth-order valence-electron chi connectivity index (χ4n) is 1.33. The van der Waals surface area contributed by atoms with Gasteiger partial charge in [0.15, 0.2) is 0 Å². The normalized spacial score (nSPS) is 10.6. The fraction of sp³-hybridized carbons (Fsp3) is 0.0909. The highest BCUT2D eigenvalue weighted by Crippen LogP contribution is 2.32. The molecular formula is C11H7BrCl2FNS. The van der Waals surface area contributed by atoms with Crippen LogP contribution in [0.4, 0.5) is 10.1 Å². The summed E-state index contributed by atoms with van der Waals surface area (Å²) in [5.41, 5.74) is 0.555. The summed E-state index contributed by atoms with van der Waals surface area (Å²) < 4.78 is 14.0. The van der Waals surface area contributed by atoms with Gasteiger partial charge in [-0.25, -0.2) is 4.39 Å². The smallest absolute Gasteiger partial charge is 0.126 e. The summed E-state index contributed by atoms with van der Waals surface area (Å²) in [6.45, 7) is 0.599. The van der Waals surface area contributed by atoms with E-state index in [-0.39, 0.29) is 10.0 Å². The Morgan fingerprint density at radius 1 is 1.24 bits per heavy atom. The molecule has 0 fully saturated rings. The molecule has 17 heavy (non-hydrogen) atoms. The van der Waals surface area contributed by atoms with Crippen molar-refractivity contribution in [1.82, 2.24) is 0 Å². The zero-order chi connectivity index (χ0) is 12.4. The van der Waals surface area contributed by atoms with Crippen LogP contribution >= 0.6 is 50.5 Å². The molecule has 0 radical (unpaired) electrons. The lowest BCUT2D eigenvalue weighted by Crippen LogP contribution is -1.99. The van der Waals surface area contributed by atoms with E-state index in [2.05, 4.69) is 21.2 Å². The fourth-order valence-corrected chi connectivity index (χ4v) is 3.32. The van der Waals surface area contributed by atoms with Crippen molar-refractivity contribution in [3.63, 3.8) is 0 Å². The van der Waals surface area contributed by atoms with Gasteiger partial charge in [0, 0.05) is 21.3 Å². The van der Waals surface area contributed by atoms with Crippen LogP contribution in [0.3, 0.4) is 0 Å². The summed E-state index contributed by atoms with van der Waals surface area (Å²) in [6, 6.07) is 4.48. The minimum Gasteiger partial charge on any atom is -0.378 e. The Hall–Kier alpha value is -0.290. The van der Waals surface area contributed by atoms with Gasteiger partial charge in [0.2, 0.25) is 0 Å². The molecule has 1 aromatic carbocycles. The van der Waals surface area contributed by atoms with E-state index in [4.69, 9.17) is 23.2 Å². The maximum atomic E-state index is 13.0. The molecule has 0 spiro atoms. The topological polar surface area (TPSA) is 12.0 Å². The minimum atomic E-state index is -0.440. The van der Waals surface area contributed by atoms with Crippen LogP contribution in [-0.2, 0) is 6.54 Å². The van der Waals surface area contributed by atoms with Gasteiger partial charge < -0.3 is 5.32 Å². The van der Waals surface area contributed by atoms with Gasteiger partial charge in [-0.05, 0) is 34.1 Å². The van der Waals surface area contributed by atoms with Crippen molar-refractivity contribution in [2.24, 2.45) is 0 Å². The lowest BCUT2D eigenvalue weighted by atomic mass is 10.3. The molecule has 0 aliphatic heterocycles. The Morgan fingerprint density at radius 2 is 1.88 bits per heavy atom. The van der Waals surface area contributed by atoms with Crippen LogP contribution in [0.25, 0.3) is 0 Å². The number of rotatable bonds is 3. The largest absolute Gasteiger partial charge is 0.378 e. The zero-order valence-corrected chi connectivity index (χ0v) is 12.4. The standard InChI is InChI=1S/C11H7BrCl2FNS/c12-6-1-8(17-5-6)4-16-11-9(13)2-7(15)3-10(11)14/h1-3,5,16H,4H2. The summed E-state index contributed by atoms with van der Waals surface area (Å²) in [6.07, 6.45) is 0. The van der Waals surface area contributed by atoms with E-state index in [9.17, 15) is 4.39 Å². The van der Waals surface area contributed by atoms with Crippen LogP contribution in [-0.4, -0.2) is 0 Å². The van der Waals surface area contributed by atoms with Gasteiger partial charge in [-0.2, -0.15) is 0 Å². The Bertz CT molecular complexity index is 521. The molecule has 6 heteroatoms. The first-order valence-electron chi connectivity index (χ1n) is 4.67. The highest BCUT2D eigenvalue weighted by Gasteiger charge is 2.08. The van der Waals surface area contributed by atoms with Crippen molar-refractivity contribution in [1.29, 1.82) is 0 Å². The van der Waals surface area contributed by atoms with E-state index in [0.717, 1.165) is 9.35 Å². The molecule has 0 aliphatic rings. The second kappa shape index (κ2) is 5.57. The number of anilines is 1. The lowest BCUT2D eigenvalue weighted by Gasteiger charge is -2.09. The Balaban J connectivity index is 2.14. The molecule has 1 N–H and O–H groups in total. The maximum absolute atomic E-state index is 13.0. The molecule has 1 aromatic heterocycles. The Labute approximate surface area is 121 Å². The summed E-state index contributed by atoms with van der Waals surface area (Å²) in [4.78, 5) is 1.13. The summed E-state index contributed by atoms with van der Waals surface area (Å²) in [7, 11) is 0. The van der Waals surface area contributed by atoms with Crippen molar-refractivity contribution in [3.05, 3.63) is 48.8 Å². The second-order valence-corrected chi connectivity index (χ2v) is 6.06. The number of hydrogen-bond acceptors (Lipinski definition) is 2. The van der Waals surface area contributed by atoms with Crippen molar-refractivity contribution in [2.75, 3.05) is 5.32 Å². The SMILES string of the molecule is Fc1cc(Cl)c(NCc2cc(Br)cs2)c(Cl)c1. The summed E-state index contributed by atoms with van der Waals surface area (Å²) in [5, 5.41) is 5.65. The number of hydrogen-bond donors (Lipinski definition) is 1. The van der Waals surface area contributed by atoms with Gasteiger partial charge in [0.1, 0.15) is 5.82 Å². The first-order chi connectivity index (χ1) is 8.06. The molecule has 1 heterocycles. The monoisotopic (exact) mass is 353 g/mol. The van der Waals surface area contributed by atoms with Crippen molar-refractivity contribution < 1.29 is 4.39 Å². The van der Waals surface area contributed by atoms with Crippen LogP contribution < -0.4 is 5.32 Å². The first kappa shape index (κ1) is 13.1. The molecule has 1 nitrogen and oxygen atoms in total. The van der Waals surface area contributed by atoms with Gasteiger partial charge in [-0.3, -0.25) is 0 Å². The molecule has 0 bridgehead atoms. The predicted octanol–water partition coefficient (Wildman–Crippen LogP) is 5.57. The van der Waals surface area contributed by atoms with E-state index in [0.29, 0.717) is 12.2 Å². The third-order valence-corrected chi connectivity index (χ3v) is 4.36. The maximum Gasteiger partial charge on any atom is 0.126 e. The third-order valence-electron chi connectivity index (χ3n) is 2.07. The molecule has 0 atom stereocenters. The highest BCUT2D eigenvalue weighted by molar-refractivity contribution is 9.10. The molecule has 0 aliphatic carbocycles. The van der Waals surface area contributed by atoms with E-state index < -0.39 is 5.82 Å². The number of thiophene rings is 1. The third kappa shape index (κ3) is 3.35. The average molecular weight is 355 g/mol. The zero-order valence-electron chi connectivity index (χ0n) is 8.44. The van der Waals surface area contributed by atoms with Crippen LogP contribution in [0.2, 0.25) is 10.0 Å². The van der Waals surface area contributed by atoms with E-state index in [1.807, 2.05) is 11.4 Å². The molecule has 0 saturated carbocycles. The quantitative estimate of drug-likeness (QED) is 0.759. The summed E-state index contributed by atoms with van der Waals surface area (Å²) in [5.74, 6) is -0.440. The van der Waals surface area contributed by atoms with Crippen LogP contribution in [0.15, 0.2) is 28.1 Å². The van der Waals surface area contributed by atoms with Crippen LogP contribution in [0.1, 0.15) is 4.88 Å². The molecule has 0 saturated heterocycles. The molecule has 2 rings (SSSR count). The van der Waals surface area contributed by atoms with Crippen LogP contribution in [0, 0.1) is 5.82 Å². The van der Waals surface area contributed by atoms with Crippen LogP contribution in [0.5, 0.6) is 0 Å². The van der Waals surface area contributed by atoms with E-state index in [1.165, 1.54) is 12.1 Å². The molecule has 0 amide bonds. The number of nitrogens with one attached hydrogen (secondary N) is 1. The Morgan fingerprint density at radius 3 is 2.41 bits per heavy atom. The van der Waals surface area contributed by atoms with Crippen molar-refractivity contribution in [3.8, 4) is 0 Å². The van der Waals surface area contributed by atoms with Gasteiger partial charge in [-0.15, -0.1) is 11.3 Å². The molecule has 2 aromatic rings. The number of halogens is 4. The second-order valence-electron chi connectivity index (χ2n) is 3.33. The molecular weight excluding hydrogens is 348 g/mol. The lowest BCUT2D eigenvalue weighted by molar-refractivity contribution is 0.628. The number of benzene rings is 1. The molecule has 0 unspecified atom stereocenters.